The highest BCUT2D eigenvalue weighted by atomic mass is 35.5. The van der Waals surface area contributed by atoms with Gasteiger partial charge in [-0.15, -0.1) is 0 Å². The number of allylic oxidation sites excluding steroid dienone is 3. The van der Waals surface area contributed by atoms with Gasteiger partial charge in [0.15, 0.2) is 5.76 Å². The number of benzene rings is 1. The number of hydrogen-bond acceptors (Lipinski definition) is 2. The van der Waals surface area contributed by atoms with Crippen molar-refractivity contribution in [2.45, 2.75) is 41.5 Å². The van der Waals surface area contributed by atoms with E-state index < -0.39 is 5.82 Å². The minimum absolute atomic E-state index is 0.0313. The molecule has 0 N–H and O–H groups in total. The maximum absolute atomic E-state index is 13.8. The first-order chi connectivity index (χ1) is 12.4. The highest BCUT2D eigenvalue weighted by molar-refractivity contribution is 6.30. The Labute approximate surface area is 165 Å². The summed E-state index contributed by atoms with van der Waals surface area (Å²) in [6.07, 6.45) is 1.89. The lowest BCUT2D eigenvalue weighted by atomic mass is 9.82. The molecule has 0 amide bonds. The highest BCUT2D eigenvalue weighted by Crippen LogP contribution is 2.39. The number of halogens is 2. The van der Waals surface area contributed by atoms with Gasteiger partial charge in [0, 0.05) is 11.5 Å². The number of carbonyl (C=O) groups is 1. The van der Waals surface area contributed by atoms with E-state index in [4.69, 9.17) is 16.0 Å². The number of furan rings is 1. The maximum atomic E-state index is 13.8. The number of carbonyl (C=O) groups excluding carboxylic acids is 1. The van der Waals surface area contributed by atoms with Crippen molar-refractivity contribution in [1.82, 2.24) is 0 Å². The second-order valence-corrected chi connectivity index (χ2v) is 8.51. The molecule has 1 aromatic heterocycles. The lowest BCUT2D eigenvalue weighted by molar-refractivity contribution is 0.0910. The summed E-state index contributed by atoms with van der Waals surface area (Å²) in [5, 5.41) is 0.0743. The molecule has 27 heavy (non-hydrogen) atoms. The van der Waals surface area contributed by atoms with Crippen molar-refractivity contribution in [3.05, 3.63) is 70.4 Å². The number of rotatable bonds is 5. The van der Waals surface area contributed by atoms with Crippen LogP contribution in [0.5, 0.6) is 0 Å². The molecule has 0 unspecified atom stereocenters. The van der Waals surface area contributed by atoms with E-state index in [1.807, 2.05) is 26.8 Å². The van der Waals surface area contributed by atoms with E-state index in [1.165, 1.54) is 12.1 Å². The fourth-order valence-electron chi connectivity index (χ4n) is 2.73. The summed E-state index contributed by atoms with van der Waals surface area (Å²) in [4.78, 5) is 12.3. The van der Waals surface area contributed by atoms with Gasteiger partial charge in [-0.3, -0.25) is 4.79 Å². The first-order valence-corrected chi connectivity index (χ1v) is 9.31. The van der Waals surface area contributed by atoms with E-state index in [1.54, 1.807) is 12.1 Å². The number of Topliss-reactive ketones (excluding diaryl/α,β-unsaturated/α-hetero) is 1. The molecule has 0 aliphatic carbocycles. The maximum Gasteiger partial charge on any atom is 0.200 e. The lowest BCUT2D eigenvalue weighted by Gasteiger charge is -2.23. The Bertz CT molecular complexity index is 911. The summed E-state index contributed by atoms with van der Waals surface area (Å²) >= 11 is 5.77. The van der Waals surface area contributed by atoms with E-state index >= 15 is 0 Å². The number of aryl methyl sites for hydroxylation is 1. The third-order valence-corrected chi connectivity index (χ3v) is 4.65. The third-order valence-electron chi connectivity index (χ3n) is 4.35. The normalized spacial score (nSPS) is 12.6. The zero-order chi connectivity index (χ0) is 20.5. The van der Waals surface area contributed by atoms with Gasteiger partial charge in [0.1, 0.15) is 11.6 Å². The molecule has 0 radical (unpaired) electrons. The van der Waals surface area contributed by atoms with Gasteiger partial charge < -0.3 is 4.42 Å². The zero-order valence-corrected chi connectivity index (χ0v) is 17.5. The summed E-state index contributed by atoms with van der Waals surface area (Å²) in [6, 6.07) is 6.39. The Balaban J connectivity index is 2.53. The van der Waals surface area contributed by atoms with Crippen molar-refractivity contribution >= 4 is 28.5 Å². The molecule has 0 fully saturated rings. The van der Waals surface area contributed by atoms with E-state index in [9.17, 15) is 9.18 Å². The fourth-order valence-corrected chi connectivity index (χ4v) is 2.85. The second-order valence-electron chi connectivity index (χ2n) is 8.10. The summed E-state index contributed by atoms with van der Waals surface area (Å²) in [5.41, 5.74) is 2.79. The van der Waals surface area contributed by atoms with Gasteiger partial charge >= 0.3 is 0 Å². The molecule has 0 saturated carbocycles. The molecule has 0 saturated heterocycles. The molecule has 0 aliphatic rings. The van der Waals surface area contributed by atoms with Gasteiger partial charge in [-0.2, -0.15) is 0 Å². The van der Waals surface area contributed by atoms with Crippen LogP contribution in [-0.2, 0) is 0 Å². The van der Waals surface area contributed by atoms with Crippen LogP contribution in [-0.4, -0.2) is 5.78 Å². The summed E-state index contributed by atoms with van der Waals surface area (Å²) in [7, 11) is 0. The van der Waals surface area contributed by atoms with Crippen LogP contribution in [0.4, 0.5) is 4.39 Å². The Morgan fingerprint density at radius 2 is 1.89 bits per heavy atom. The van der Waals surface area contributed by atoms with Crippen molar-refractivity contribution in [3.63, 3.8) is 0 Å². The Hall–Kier alpha value is -2.13. The minimum atomic E-state index is -0.486. The summed E-state index contributed by atoms with van der Waals surface area (Å²) in [5.74, 6) is 0.353. The van der Waals surface area contributed by atoms with Crippen LogP contribution in [0.2, 0.25) is 5.02 Å². The van der Waals surface area contributed by atoms with E-state index in [2.05, 4.69) is 27.4 Å². The van der Waals surface area contributed by atoms with Crippen LogP contribution < -0.4 is 0 Å². The molecule has 0 atom stereocenters. The molecule has 0 bridgehead atoms. The molecule has 1 aromatic carbocycles. The molecule has 144 valence electrons. The van der Waals surface area contributed by atoms with Gasteiger partial charge in [0.25, 0.3) is 0 Å². The minimum Gasteiger partial charge on any atom is -0.453 e. The quantitative estimate of drug-likeness (QED) is 0.395. The van der Waals surface area contributed by atoms with Gasteiger partial charge in [0.05, 0.1) is 5.02 Å². The first-order valence-electron chi connectivity index (χ1n) is 8.93. The SMILES string of the molecule is C=C(/C=C(\c1oc(C(=O)C(C)C)cc1C)C(C)(C)C)c1ccc(Cl)c(F)c1. The first kappa shape index (κ1) is 21.2. The smallest absolute Gasteiger partial charge is 0.200 e. The zero-order valence-electron chi connectivity index (χ0n) is 16.7. The van der Waals surface area contributed by atoms with Crippen LogP contribution in [0.1, 0.15) is 62.1 Å². The van der Waals surface area contributed by atoms with E-state index in [0.717, 1.165) is 11.1 Å². The van der Waals surface area contributed by atoms with Crippen molar-refractivity contribution in [1.29, 1.82) is 0 Å². The fraction of sp³-hybridized carbons (Fsp3) is 0.348. The van der Waals surface area contributed by atoms with Crippen molar-refractivity contribution < 1.29 is 13.6 Å². The number of ketones is 1. The van der Waals surface area contributed by atoms with Crippen LogP contribution in [0.3, 0.4) is 0 Å². The molecule has 2 nitrogen and oxygen atoms in total. The molecule has 2 rings (SSSR count). The van der Waals surface area contributed by atoms with Gasteiger partial charge in [-0.1, -0.05) is 58.9 Å². The lowest BCUT2D eigenvalue weighted by Crippen LogP contribution is -2.09. The Kier molecular flexibility index (Phi) is 6.16. The molecule has 4 heteroatoms. The monoisotopic (exact) mass is 388 g/mol. The van der Waals surface area contributed by atoms with Crippen molar-refractivity contribution in [3.8, 4) is 0 Å². The van der Waals surface area contributed by atoms with Gasteiger partial charge in [-0.05, 0) is 53.3 Å². The van der Waals surface area contributed by atoms with Gasteiger partial charge in [0.2, 0.25) is 5.78 Å². The standard InChI is InChI=1S/C23H26ClFO2/c1-13(2)21(26)20-11-15(4)22(27-20)17(23(5,6)7)10-14(3)16-8-9-18(24)19(25)12-16/h8-13H,3H2,1-2,4-7H3/b17-10+. The average Bonchev–Trinajstić information content (AvgIpc) is 2.94. The molecule has 1 heterocycles. The van der Waals surface area contributed by atoms with Crippen molar-refractivity contribution in [2.75, 3.05) is 0 Å². The topological polar surface area (TPSA) is 30.2 Å². The predicted octanol–water partition coefficient (Wildman–Crippen LogP) is 7.36. The number of hydrogen-bond donors (Lipinski definition) is 0. The van der Waals surface area contributed by atoms with Crippen LogP contribution in [0.15, 0.2) is 41.3 Å². The average molecular weight is 389 g/mol. The molecular weight excluding hydrogens is 363 g/mol. The summed E-state index contributed by atoms with van der Waals surface area (Å²) < 4.78 is 19.8. The van der Waals surface area contributed by atoms with E-state index in [0.29, 0.717) is 22.7 Å². The third kappa shape index (κ3) is 4.78. The van der Waals surface area contributed by atoms with Crippen LogP contribution >= 0.6 is 11.6 Å². The van der Waals surface area contributed by atoms with Crippen LogP contribution in [0, 0.1) is 24.1 Å². The second kappa shape index (κ2) is 7.85. The predicted molar refractivity (Wildman–Crippen MR) is 110 cm³/mol. The van der Waals surface area contributed by atoms with Crippen LogP contribution in [0.25, 0.3) is 11.1 Å². The Morgan fingerprint density at radius 3 is 2.41 bits per heavy atom. The molecule has 2 aromatic rings. The van der Waals surface area contributed by atoms with Gasteiger partial charge in [-0.25, -0.2) is 4.39 Å². The summed E-state index contributed by atoms with van der Waals surface area (Å²) in [6.45, 7) is 15.9. The molecule has 0 aliphatic heterocycles. The van der Waals surface area contributed by atoms with E-state index in [-0.39, 0.29) is 22.1 Å². The van der Waals surface area contributed by atoms with Crippen molar-refractivity contribution in [2.24, 2.45) is 11.3 Å². The largest absolute Gasteiger partial charge is 0.453 e. The molecule has 0 spiro atoms. The highest BCUT2D eigenvalue weighted by Gasteiger charge is 2.26. The Morgan fingerprint density at radius 1 is 1.26 bits per heavy atom. The molecular formula is C23H26ClFO2.